The van der Waals surface area contributed by atoms with Gasteiger partial charge in [-0.1, -0.05) is 33.2 Å². The number of benzene rings is 1. The fourth-order valence-electron chi connectivity index (χ4n) is 1.82. The molecule has 106 valence electrons. The summed E-state index contributed by atoms with van der Waals surface area (Å²) in [6, 6.07) is 8.97. The minimum atomic E-state index is -0.895. The van der Waals surface area contributed by atoms with E-state index >= 15 is 0 Å². The van der Waals surface area contributed by atoms with E-state index in [9.17, 15) is 9.90 Å². The molecule has 0 aliphatic carbocycles. The van der Waals surface area contributed by atoms with Crippen LogP contribution in [0.3, 0.4) is 0 Å². The zero-order chi connectivity index (χ0) is 14.8. The fraction of sp³-hybridized carbons (Fsp3) is 0.286. The largest absolute Gasteiger partial charge is 0.394 e. The van der Waals surface area contributed by atoms with Gasteiger partial charge >= 0.3 is 0 Å². The van der Waals surface area contributed by atoms with E-state index in [1.54, 1.807) is 19.9 Å². The molecule has 2 rings (SSSR count). The molecular weight excluding hydrogens is 324 g/mol. The van der Waals surface area contributed by atoms with Crippen molar-refractivity contribution in [3.63, 3.8) is 0 Å². The Balaban J connectivity index is 2.25. The first-order chi connectivity index (χ1) is 9.44. The maximum absolute atomic E-state index is 12.1. The van der Waals surface area contributed by atoms with Crippen molar-refractivity contribution in [2.75, 3.05) is 6.61 Å². The highest BCUT2D eigenvalue weighted by atomic mass is 79.9. The van der Waals surface area contributed by atoms with E-state index < -0.39 is 11.4 Å². The van der Waals surface area contributed by atoms with Crippen molar-refractivity contribution in [1.82, 2.24) is 10.5 Å². The van der Waals surface area contributed by atoms with Crippen LogP contribution < -0.4 is 5.32 Å². The number of rotatable bonds is 4. The van der Waals surface area contributed by atoms with E-state index in [2.05, 4.69) is 26.4 Å². The number of aromatic nitrogens is 1. The maximum Gasteiger partial charge on any atom is 0.274 e. The smallest absolute Gasteiger partial charge is 0.274 e. The van der Waals surface area contributed by atoms with E-state index in [0.717, 1.165) is 10.0 Å². The molecule has 20 heavy (non-hydrogen) atoms. The average molecular weight is 339 g/mol. The molecule has 0 aliphatic heterocycles. The van der Waals surface area contributed by atoms with Gasteiger partial charge < -0.3 is 14.9 Å². The first-order valence-corrected chi connectivity index (χ1v) is 6.86. The predicted octanol–water partition coefficient (Wildman–Crippen LogP) is 2.38. The number of hydrogen-bond donors (Lipinski definition) is 2. The summed E-state index contributed by atoms with van der Waals surface area (Å²) in [6.45, 7) is 3.23. The Labute approximate surface area is 125 Å². The summed E-state index contributed by atoms with van der Waals surface area (Å²) in [6.07, 6.45) is 0. The molecule has 1 unspecified atom stereocenters. The molecule has 0 saturated heterocycles. The van der Waals surface area contributed by atoms with E-state index in [1.165, 1.54) is 0 Å². The van der Waals surface area contributed by atoms with Gasteiger partial charge in [-0.3, -0.25) is 4.79 Å². The molecule has 0 aliphatic rings. The SMILES string of the molecule is Cc1cc(C(=O)NC(C)(CO)c2cccc(Br)c2)no1. The number of halogens is 1. The van der Waals surface area contributed by atoms with Crippen LogP contribution in [0.5, 0.6) is 0 Å². The van der Waals surface area contributed by atoms with E-state index in [0.29, 0.717) is 5.76 Å². The number of hydrogen-bond acceptors (Lipinski definition) is 4. The van der Waals surface area contributed by atoms with Crippen molar-refractivity contribution >= 4 is 21.8 Å². The number of amides is 1. The number of carbonyl (C=O) groups excluding carboxylic acids is 1. The first-order valence-electron chi connectivity index (χ1n) is 6.07. The number of aliphatic hydroxyl groups excluding tert-OH is 1. The molecule has 0 bridgehead atoms. The molecule has 2 N–H and O–H groups in total. The molecule has 1 heterocycles. The fourth-order valence-corrected chi connectivity index (χ4v) is 2.22. The summed E-state index contributed by atoms with van der Waals surface area (Å²) < 4.78 is 5.75. The third-order valence-electron chi connectivity index (χ3n) is 3.03. The number of nitrogens with one attached hydrogen (secondary N) is 1. The number of aryl methyl sites for hydroxylation is 1. The zero-order valence-electron chi connectivity index (χ0n) is 11.2. The number of nitrogens with zero attached hydrogens (tertiary/aromatic N) is 1. The molecule has 0 radical (unpaired) electrons. The molecule has 5 nitrogen and oxygen atoms in total. The van der Waals surface area contributed by atoms with Crippen LogP contribution >= 0.6 is 15.9 Å². The van der Waals surface area contributed by atoms with Crippen LogP contribution in [0.15, 0.2) is 39.3 Å². The van der Waals surface area contributed by atoms with Gasteiger partial charge in [-0.05, 0) is 31.5 Å². The molecule has 0 fully saturated rings. The summed E-state index contributed by atoms with van der Waals surface area (Å²) >= 11 is 3.38. The molecule has 6 heteroatoms. The summed E-state index contributed by atoms with van der Waals surface area (Å²) in [5, 5.41) is 16.1. The summed E-state index contributed by atoms with van der Waals surface area (Å²) in [4.78, 5) is 12.1. The molecule has 1 atom stereocenters. The molecule has 1 amide bonds. The van der Waals surface area contributed by atoms with Crippen molar-refractivity contribution in [1.29, 1.82) is 0 Å². The first kappa shape index (κ1) is 14.7. The van der Waals surface area contributed by atoms with E-state index in [4.69, 9.17) is 4.52 Å². The van der Waals surface area contributed by atoms with Gasteiger partial charge in [-0.25, -0.2) is 0 Å². The number of carbonyl (C=O) groups is 1. The number of aliphatic hydroxyl groups is 1. The Hall–Kier alpha value is -1.66. The molecular formula is C14H15BrN2O3. The second-order valence-electron chi connectivity index (χ2n) is 4.78. The Morgan fingerprint density at radius 3 is 2.80 bits per heavy atom. The van der Waals surface area contributed by atoms with Crippen molar-refractivity contribution in [2.45, 2.75) is 19.4 Å². The highest BCUT2D eigenvalue weighted by Gasteiger charge is 2.29. The Bertz CT molecular complexity index is 626. The van der Waals surface area contributed by atoms with Gasteiger partial charge in [0.2, 0.25) is 0 Å². The molecule has 0 saturated carbocycles. The lowest BCUT2D eigenvalue weighted by atomic mass is 9.92. The standard InChI is InChI=1S/C14H15BrN2O3/c1-9-6-12(17-20-9)13(19)16-14(2,8-18)10-4-3-5-11(15)7-10/h3-7,18H,8H2,1-2H3,(H,16,19). The maximum atomic E-state index is 12.1. The highest BCUT2D eigenvalue weighted by molar-refractivity contribution is 9.10. The third kappa shape index (κ3) is 3.08. The van der Waals surface area contributed by atoms with Crippen LogP contribution in [0.2, 0.25) is 0 Å². The van der Waals surface area contributed by atoms with Gasteiger partial charge in [0.05, 0.1) is 12.1 Å². The van der Waals surface area contributed by atoms with E-state index in [1.807, 2.05) is 24.3 Å². The zero-order valence-corrected chi connectivity index (χ0v) is 12.8. The van der Waals surface area contributed by atoms with Gasteiger partial charge in [0, 0.05) is 10.5 Å². The van der Waals surface area contributed by atoms with Crippen LogP contribution in [-0.2, 0) is 5.54 Å². The lowest BCUT2D eigenvalue weighted by molar-refractivity contribution is 0.0840. The summed E-state index contributed by atoms with van der Waals surface area (Å²) in [5.41, 5.74) is 0.0911. The van der Waals surface area contributed by atoms with Crippen LogP contribution in [0, 0.1) is 6.92 Å². The predicted molar refractivity (Wildman–Crippen MR) is 77.3 cm³/mol. The Morgan fingerprint density at radius 1 is 1.50 bits per heavy atom. The molecule has 0 spiro atoms. The minimum absolute atomic E-state index is 0.192. The topological polar surface area (TPSA) is 75.4 Å². The average Bonchev–Trinajstić information content (AvgIpc) is 2.85. The van der Waals surface area contributed by atoms with Gasteiger partial charge in [-0.15, -0.1) is 0 Å². The van der Waals surface area contributed by atoms with Gasteiger partial charge in [0.15, 0.2) is 5.69 Å². The van der Waals surface area contributed by atoms with Crippen molar-refractivity contribution in [3.8, 4) is 0 Å². The molecule has 1 aromatic heterocycles. The van der Waals surface area contributed by atoms with E-state index in [-0.39, 0.29) is 12.3 Å². The van der Waals surface area contributed by atoms with Crippen LogP contribution in [-0.4, -0.2) is 22.8 Å². The molecule has 2 aromatic rings. The lowest BCUT2D eigenvalue weighted by Crippen LogP contribution is -2.46. The van der Waals surface area contributed by atoms with Crippen molar-refractivity contribution in [2.24, 2.45) is 0 Å². The lowest BCUT2D eigenvalue weighted by Gasteiger charge is -2.29. The summed E-state index contributed by atoms with van der Waals surface area (Å²) in [5.74, 6) is 0.168. The van der Waals surface area contributed by atoms with Crippen molar-refractivity contribution in [3.05, 3.63) is 51.8 Å². The Morgan fingerprint density at radius 2 is 2.25 bits per heavy atom. The van der Waals surface area contributed by atoms with Crippen LogP contribution in [0.1, 0.15) is 28.7 Å². The normalized spacial score (nSPS) is 13.8. The van der Waals surface area contributed by atoms with Gasteiger partial charge in [-0.2, -0.15) is 0 Å². The summed E-state index contributed by atoms with van der Waals surface area (Å²) in [7, 11) is 0. The Kier molecular flexibility index (Phi) is 4.25. The minimum Gasteiger partial charge on any atom is -0.394 e. The van der Waals surface area contributed by atoms with Gasteiger partial charge in [0.1, 0.15) is 5.76 Å². The third-order valence-corrected chi connectivity index (χ3v) is 3.52. The van der Waals surface area contributed by atoms with Gasteiger partial charge in [0.25, 0.3) is 5.91 Å². The van der Waals surface area contributed by atoms with Crippen LogP contribution in [0.4, 0.5) is 0 Å². The van der Waals surface area contributed by atoms with Crippen LogP contribution in [0.25, 0.3) is 0 Å². The second-order valence-corrected chi connectivity index (χ2v) is 5.69. The highest BCUT2D eigenvalue weighted by Crippen LogP contribution is 2.24. The molecule has 1 aromatic carbocycles. The van der Waals surface area contributed by atoms with Crippen molar-refractivity contribution < 1.29 is 14.4 Å². The second kappa shape index (κ2) is 5.76. The monoisotopic (exact) mass is 338 g/mol. The quantitative estimate of drug-likeness (QED) is 0.897.